The van der Waals surface area contributed by atoms with Crippen molar-refractivity contribution in [3.05, 3.63) is 0 Å². The second-order valence-corrected chi connectivity index (χ2v) is 11.2. The lowest BCUT2D eigenvalue weighted by Gasteiger charge is -2.38. The lowest BCUT2D eigenvalue weighted by atomic mass is 9.93. The molecular formula is C23H38N2O8. The molecule has 188 valence electrons. The summed E-state index contributed by atoms with van der Waals surface area (Å²) in [5, 5.41) is 2.78. The fraction of sp³-hybridized carbons (Fsp3) is 0.826. The predicted octanol–water partition coefficient (Wildman–Crippen LogP) is 2.53. The maximum Gasteiger partial charge on any atom is 0.411 e. The van der Waals surface area contributed by atoms with Crippen LogP contribution in [0.2, 0.25) is 0 Å². The van der Waals surface area contributed by atoms with Gasteiger partial charge in [0.1, 0.15) is 23.5 Å². The minimum absolute atomic E-state index is 0.0148. The summed E-state index contributed by atoms with van der Waals surface area (Å²) in [6.07, 6.45) is 0.0686. The highest BCUT2D eigenvalue weighted by molar-refractivity contribution is 5.84. The maximum atomic E-state index is 13.3. The van der Waals surface area contributed by atoms with Crippen LogP contribution in [-0.4, -0.2) is 70.6 Å². The van der Waals surface area contributed by atoms with Crippen LogP contribution >= 0.6 is 0 Å². The molecule has 2 aliphatic heterocycles. The number of ether oxygens (including phenoxy) is 4. The number of esters is 1. The Kier molecular flexibility index (Phi) is 7.55. The molecule has 0 radical (unpaired) electrons. The molecule has 10 heteroatoms. The molecular weight excluding hydrogens is 432 g/mol. The molecule has 1 unspecified atom stereocenters. The van der Waals surface area contributed by atoms with Gasteiger partial charge in [-0.2, -0.15) is 0 Å². The summed E-state index contributed by atoms with van der Waals surface area (Å²) in [5.41, 5.74) is -2.90. The van der Waals surface area contributed by atoms with E-state index in [9.17, 15) is 19.2 Å². The SMILES string of the molecule is CC(=O)NC1(C[C@@H]2[C@H](C=O)C[C@H](C(=O)OC(C)(C)C)N2C(=O)OC(C)(C)C)COC(C)(C)O1. The number of carbonyl (C=O) groups is 4. The van der Waals surface area contributed by atoms with Crippen molar-refractivity contribution < 1.29 is 38.1 Å². The van der Waals surface area contributed by atoms with Crippen LogP contribution < -0.4 is 5.32 Å². The Labute approximate surface area is 195 Å². The van der Waals surface area contributed by atoms with E-state index in [1.54, 1.807) is 55.4 Å². The van der Waals surface area contributed by atoms with Crippen molar-refractivity contribution in [2.24, 2.45) is 5.92 Å². The Hall–Kier alpha value is -2.20. The first-order valence-electron chi connectivity index (χ1n) is 11.2. The maximum absolute atomic E-state index is 13.3. The zero-order valence-electron chi connectivity index (χ0n) is 21.1. The highest BCUT2D eigenvalue weighted by Crippen LogP contribution is 2.40. The van der Waals surface area contributed by atoms with Crippen LogP contribution in [0.4, 0.5) is 4.79 Å². The number of amides is 2. The van der Waals surface area contributed by atoms with Crippen LogP contribution in [0.5, 0.6) is 0 Å². The Morgan fingerprint density at radius 2 is 1.67 bits per heavy atom. The van der Waals surface area contributed by atoms with E-state index >= 15 is 0 Å². The molecule has 0 aliphatic carbocycles. The van der Waals surface area contributed by atoms with Crippen LogP contribution in [0.1, 0.15) is 75.2 Å². The highest BCUT2D eigenvalue weighted by atomic mass is 16.8. The third-order valence-corrected chi connectivity index (χ3v) is 5.18. The van der Waals surface area contributed by atoms with Crippen LogP contribution in [0.25, 0.3) is 0 Å². The molecule has 0 bridgehead atoms. The van der Waals surface area contributed by atoms with Gasteiger partial charge in [-0.05, 0) is 61.8 Å². The van der Waals surface area contributed by atoms with Crippen molar-refractivity contribution in [3.63, 3.8) is 0 Å². The number of carbonyl (C=O) groups excluding carboxylic acids is 4. The minimum Gasteiger partial charge on any atom is -0.458 e. The smallest absolute Gasteiger partial charge is 0.411 e. The summed E-state index contributed by atoms with van der Waals surface area (Å²) >= 11 is 0. The molecule has 0 aromatic carbocycles. The van der Waals surface area contributed by atoms with Gasteiger partial charge in [-0.3, -0.25) is 9.69 Å². The van der Waals surface area contributed by atoms with Crippen molar-refractivity contribution in [3.8, 4) is 0 Å². The first-order valence-corrected chi connectivity index (χ1v) is 11.2. The fourth-order valence-electron chi connectivity index (χ4n) is 4.21. The largest absolute Gasteiger partial charge is 0.458 e. The first-order chi connectivity index (χ1) is 14.9. The van der Waals surface area contributed by atoms with Gasteiger partial charge in [0.2, 0.25) is 5.91 Å². The van der Waals surface area contributed by atoms with Gasteiger partial charge in [0, 0.05) is 19.3 Å². The summed E-state index contributed by atoms with van der Waals surface area (Å²) in [6.45, 7) is 15.1. The number of likely N-dealkylation sites (tertiary alicyclic amines) is 1. The summed E-state index contributed by atoms with van der Waals surface area (Å²) in [5.74, 6) is -2.67. The second kappa shape index (κ2) is 9.21. The number of hydrogen-bond donors (Lipinski definition) is 1. The van der Waals surface area contributed by atoms with Gasteiger partial charge in [-0.15, -0.1) is 0 Å². The fourth-order valence-corrected chi connectivity index (χ4v) is 4.21. The standard InChI is InChI=1S/C23H38N2O8/c1-14(27)24-23(13-30-22(8,9)33-23)11-17-15(12-26)10-16(18(28)31-20(2,3)4)25(17)19(29)32-21(5,6)7/h12,15-17H,10-11,13H2,1-9H3,(H,24,27)/t15-,16+,17+,23?/m0/s1. The number of hydrogen-bond acceptors (Lipinski definition) is 8. The van der Waals surface area contributed by atoms with E-state index < -0.39 is 52.8 Å². The lowest BCUT2D eigenvalue weighted by molar-refractivity contribution is -0.176. The predicted molar refractivity (Wildman–Crippen MR) is 118 cm³/mol. The zero-order valence-corrected chi connectivity index (χ0v) is 21.1. The van der Waals surface area contributed by atoms with E-state index in [4.69, 9.17) is 18.9 Å². The van der Waals surface area contributed by atoms with E-state index in [1.165, 1.54) is 11.8 Å². The molecule has 0 saturated carbocycles. The number of rotatable bonds is 5. The molecule has 2 rings (SSSR count). The third-order valence-electron chi connectivity index (χ3n) is 5.18. The van der Waals surface area contributed by atoms with Gasteiger partial charge in [-0.1, -0.05) is 0 Å². The van der Waals surface area contributed by atoms with Gasteiger partial charge >= 0.3 is 12.1 Å². The average Bonchev–Trinajstić information content (AvgIpc) is 3.08. The van der Waals surface area contributed by atoms with Crippen molar-refractivity contribution in [1.29, 1.82) is 0 Å². The van der Waals surface area contributed by atoms with Crippen molar-refractivity contribution in [2.45, 2.75) is 110 Å². The molecule has 0 aromatic rings. The third kappa shape index (κ3) is 7.14. The van der Waals surface area contributed by atoms with Gasteiger partial charge in [0.15, 0.2) is 11.5 Å². The number of aldehydes is 1. The van der Waals surface area contributed by atoms with E-state index in [-0.39, 0.29) is 25.4 Å². The molecule has 10 nitrogen and oxygen atoms in total. The number of nitrogens with zero attached hydrogens (tertiary/aromatic N) is 1. The lowest BCUT2D eigenvalue weighted by Crippen LogP contribution is -2.57. The Morgan fingerprint density at radius 1 is 1.09 bits per heavy atom. The Morgan fingerprint density at radius 3 is 2.09 bits per heavy atom. The van der Waals surface area contributed by atoms with Crippen molar-refractivity contribution >= 4 is 24.3 Å². The molecule has 0 spiro atoms. The Balaban J connectivity index is 2.46. The van der Waals surface area contributed by atoms with Gasteiger partial charge in [-0.25, -0.2) is 9.59 Å². The topological polar surface area (TPSA) is 120 Å². The average molecular weight is 471 g/mol. The summed E-state index contributed by atoms with van der Waals surface area (Å²) < 4.78 is 22.9. The number of nitrogens with one attached hydrogen (secondary N) is 1. The van der Waals surface area contributed by atoms with Crippen LogP contribution in [-0.2, 0) is 33.3 Å². The molecule has 2 aliphatic rings. The monoisotopic (exact) mass is 470 g/mol. The molecule has 2 saturated heterocycles. The van der Waals surface area contributed by atoms with Gasteiger partial charge in [0.05, 0.1) is 12.6 Å². The summed E-state index contributed by atoms with van der Waals surface area (Å²) in [4.78, 5) is 51.6. The van der Waals surface area contributed by atoms with E-state index in [0.29, 0.717) is 0 Å². The Bertz CT molecular complexity index is 782. The quantitative estimate of drug-likeness (QED) is 0.481. The zero-order chi connectivity index (χ0) is 25.4. The highest BCUT2D eigenvalue weighted by Gasteiger charge is 2.55. The summed E-state index contributed by atoms with van der Waals surface area (Å²) in [6, 6.07) is -1.82. The van der Waals surface area contributed by atoms with E-state index in [2.05, 4.69) is 5.32 Å². The van der Waals surface area contributed by atoms with Gasteiger partial charge < -0.3 is 29.1 Å². The molecule has 2 fully saturated rings. The first kappa shape index (κ1) is 27.0. The molecule has 4 atom stereocenters. The molecule has 2 amide bonds. The molecule has 2 heterocycles. The van der Waals surface area contributed by atoms with E-state index in [0.717, 1.165) is 6.29 Å². The van der Waals surface area contributed by atoms with Gasteiger partial charge in [0.25, 0.3) is 0 Å². The van der Waals surface area contributed by atoms with Crippen molar-refractivity contribution in [2.75, 3.05) is 6.61 Å². The molecule has 1 N–H and O–H groups in total. The normalized spacial score (nSPS) is 29.5. The molecule has 0 aromatic heterocycles. The van der Waals surface area contributed by atoms with E-state index in [1.807, 2.05) is 0 Å². The molecule has 33 heavy (non-hydrogen) atoms. The minimum atomic E-state index is -1.29. The van der Waals surface area contributed by atoms with Crippen LogP contribution in [0.15, 0.2) is 0 Å². The van der Waals surface area contributed by atoms with Crippen LogP contribution in [0.3, 0.4) is 0 Å². The van der Waals surface area contributed by atoms with Crippen LogP contribution in [0, 0.1) is 5.92 Å². The van der Waals surface area contributed by atoms with Crippen molar-refractivity contribution in [1.82, 2.24) is 10.2 Å². The summed E-state index contributed by atoms with van der Waals surface area (Å²) in [7, 11) is 0. The second-order valence-electron chi connectivity index (χ2n) is 11.2.